The summed E-state index contributed by atoms with van der Waals surface area (Å²) in [5.41, 5.74) is 0. The van der Waals surface area contributed by atoms with Crippen LogP contribution < -0.4 is 5.32 Å². The molecule has 0 fully saturated rings. The average Bonchev–Trinajstić information content (AvgIpc) is 2.21. The highest BCUT2D eigenvalue weighted by Gasteiger charge is 2.11. The Morgan fingerprint density at radius 1 is 1.06 bits per heavy atom. The predicted molar refractivity (Wildman–Crippen MR) is 75.1 cm³/mol. The molecule has 0 aromatic heterocycles. The van der Waals surface area contributed by atoms with Crippen LogP contribution in [0, 0.1) is 11.8 Å². The van der Waals surface area contributed by atoms with Crippen LogP contribution in [0.1, 0.15) is 47.0 Å². The molecular weight excluding hydrogens is 234 g/mol. The van der Waals surface area contributed by atoms with Gasteiger partial charge in [0.25, 0.3) is 0 Å². The summed E-state index contributed by atoms with van der Waals surface area (Å²) in [6.07, 6.45) is 2.59. The van der Waals surface area contributed by atoms with Crippen molar-refractivity contribution < 1.29 is 8.42 Å². The topological polar surface area (TPSA) is 46.2 Å². The molecule has 4 heteroatoms. The van der Waals surface area contributed by atoms with E-state index in [1.54, 1.807) is 0 Å². The second-order valence-corrected chi connectivity index (χ2v) is 7.74. The maximum atomic E-state index is 11.5. The molecule has 1 N–H and O–H groups in total. The molecule has 0 aliphatic rings. The molecule has 0 aromatic rings. The van der Waals surface area contributed by atoms with Crippen molar-refractivity contribution >= 4 is 9.84 Å². The van der Waals surface area contributed by atoms with Crippen LogP contribution in [-0.4, -0.2) is 33.0 Å². The number of rotatable bonds is 10. The van der Waals surface area contributed by atoms with Gasteiger partial charge in [0.1, 0.15) is 9.84 Å². The molecule has 1 unspecified atom stereocenters. The highest BCUT2D eigenvalue weighted by Crippen LogP contribution is 2.09. The molecule has 0 saturated heterocycles. The Labute approximate surface area is 107 Å². The zero-order valence-electron chi connectivity index (χ0n) is 11.8. The fourth-order valence-electron chi connectivity index (χ4n) is 1.68. The van der Waals surface area contributed by atoms with Crippen LogP contribution in [0.4, 0.5) is 0 Å². The van der Waals surface area contributed by atoms with Gasteiger partial charge in [0.2, 0.25) is 0 Å². The van der Waals surface area contributed by atoms with E-state index in [0.29, 0.717) is 23.3 Å². The Bertz CT molecular complexity index is 273. The minimum absolute atomic E-state index is 0.339. The summed E-state index contributed by atoms with van der Waals surface area (Å²) in [4.78, 5) is 0. The van der Waals surface area contributed by atoms with E-state index in [0.717, 1.165) is 32.4 Å². The highest BCUT2D eigenvalue weighted by molar-refractivity contribution is 7.91. The maximum absolute atomic E-state index is 11.5. The maximum Gasteiger partial charge on any atom is 0.150 e. The monoisotopic (exact) mass is 263 g/mol. The third-order valence-electron chi connectivity index (χ3n) is 2.80. The molecule has 0 aliphatic carbocycles. The van der Waals surface area contributed by atoms with E-state index in [2.05, 4.69) is 26.1 Å². The van der Waals surface area contributed by atoms with Gasteiger partial charge in [-0.1, -0.05) is 27.7 Å². The fourth-order valence-corrected chi connectivity index (χ4v) is 3.26. The van der Waals surface area contributed by atoms with Crippen molar-refractivity contribution in [3.05, 3.63) is 0 Å². The van der Waals surface area contributed by atoms with E-state index >= 15 is 0 Å². The van der Waals surface area contributed by atoms with Gasteiger partial charge in [-0.25, -0.2) is 8.42 Å². The molecule has 0 radical (unpaired) electrons. The number of sulfone groups is 1. The van der Waals surface area contributed by atoms with Crippen molar-refractivity contribution in [3.8, 4) is 0 Å². The molecular formula is C13H29NO2S. The quantitative estimate of drug-likeness (QED) is 0.616. The van der Waals surface area contributed by atoms with Crippen molar-refractivity contribution in [2.45, 2.75) is 47.0 Å². The molecule has 0 saturated carbocycles. The van der Waals surface area contributed by atoms with E-state index in [4.69, 9.17) is 0 Å². The third-order valence-corrected chi connectivity index (χ3v) is 4.69. The normalized spacial score (nSPS) is 14.2. The van der Waals surface area contributed by atoms with Crippen molar-refractivity contribution in [2.24, 2.45) is 11.8 Å². The van der Waals surface area contributed by atoms with Crippen molar-refractivity contribution in [2.75, 3.05) is 24.6 Å². The summed E-state index contributed by atoms with van der Waals surface area (Å²) in [5.74, 6) is 1.86. The minimum atomic E-state index is -2.79. The molecule has 0 spiro atoms. The second kappa shape index (κ2) is 8.92. The van der Waals surface area contributed by atoms with Gasteiger partial charge >= 0.3 is 0 Å². The second-order valence-electron chi connectivity index (χ2n) is 5.43. The molecule has 17 heavy (non-hydrogen) atoms. The minimum Gasteiger partial charge on any atom is -0.316 e. The van der Waals surface area contributed by atoms with Crippen molar-refractivity contribution in [1.29, 1.82) is 0 Å². The lowest BCUT2D eigenvalue weighted by Gasteiger charge is -2.13. The standard InChI is InChI=1S/C13H29NO2S/c1-5-9-17(15,16)10-7-13(4)6-8-14-11-12(2)3/h12-14H,5-11H2,1-4H3. The van der Waals surface area contributed by atoms with Crippen LogP contribution in [0.15, 0.2) is 0 Å². The number of hydrogen-bond acceptors (Lipinski definition) is 3. The summed E-state index contributed by atoms with van der Waals surface area (Å²) in [5, 5.41) is 3.39. The lowest BCUT2D eigenvalue weighted by atomic mass is 10.1. The highest BCUT2D eigenvalue weighted by atomic mass is 32.2. The largest absolute Gasteiger partial charge is 0.316 e. The average molecular weight is 263 g/mol. The Hall–Kier alpha value is -0.0900. The SMILES string of the molecule is CCCS(=O)(=O)CCC(C)CCNCC(C)C. The van der Waals surface area contributed by atoms with Crippen LogP contribution in [-0.2, 0) is 9.84 Å². The fraction of sp³-hybridized carbons (Fsp3) is 1.00. The Kier molecular flexibility index (Phi) is 8.88. The van der Waals surface area contributed by atoms with Crippen LogP contribution in [0.3, 0.4) is 0 Å². The molecule has 0 bridgehead atoms. The van der Waals surface area contributed by atoms with Gasteiger partial charge in [0.15, 0.2) is 0 Å². The molecule has 0 aromatic carbocycles. The molecule has 104 valence electrons. The molecule has 3 nitrogen and oxygen atoms in total. The van der Waals surface area contributed by atoms with Crippen LogP contribution in [0.5, 0.6) is 0 Å². The smallest absolute Gasteiger partial charge is 0.150 e. The van der Waals surface area contributed by atoms with E-state index in [1.165, 1.54) is 0 Å². The van der Waals surface area contributed by atoms with Gasteiger partial charge in [-0.3, -0.25) is 0 Å². The van der Waals surface area contributed by atoms with Crippen LogP contribution >= 0.6 is 0 Å². The zero-order chi connectivity index (χ0) is 13.3. The lowest BCUT2D eigenvalue weighted by molar-refractivity contribution is 0.465. The Morgan fingerprint density at radius 2 is 1.71 bits per heavy atom. The Balaban J connectivity index is 3.62. The van der Waals surface area contributed by atoms with E-state index in [-0.39, 0.29) is 0 Å². The first-order chi connectivity index (χ1) is 7.87. The van der Waals surface area contributed by atoms with Gasteiger partial charge in [-0.15, -0.1) is 0 Å². The van der Waals surface area contributed by atoms with Gasteiger partial charge in [0.05, 0.1) is 5.75 Å². The van der Waals surface area contributed by atoms with Gasteiger partial charge in [0, 0.05) is 5.75 Å². The molecule has 0 rings (SSSR count). The predicted octanol–water partition coefficient (Wildman–Crippen LogP) is 2.47. The molecule has 0 heterocycles. The first-order valence-corrected chi connectivity index (χ1v) is 8.60. The lowest BCUT2D eigenvalue weighted by Crippen LogP contribution is -2.23. The van der Waals surface area contributed by atoms with Crippen LogP contribution in [0.2, 0.25) is 0 Å². The number of nitrogens with one attached hydrogen (secondary N) is 1. The van der Waals surface area contributed by atoms with Gasteiger partial charge < -0.3 is 5.32 Å². The van der Waals surface area contributed by atoms with Crippen LogP contribution in [0.25, 0.3) is 0 Å². The summed E-state index contributed by atoms with van der Waals surface area (Å²) < 4.78 is 23.1. The van der Waals surface area contributed by atoms with Crippen molar-refractivity contribution in [1.82, 2.24) is 5.32 Å². The third kappa shape index (κ3) is 10.8. The summed E-state index contributed by atoms with van der Waals surface area (Å²) in [7, 11) is -2.79. The Morgan fingerprint density at radius 3 is 2.24 bits per heavy atom. The zero-order valence-corrected chi connectivity index (χ0v) is 12.6. The van der Waals surface area contributed by atoms with Gasteiger partial charge in [-0.2, -0.15) is 0 Å². The summed E-state index contributed by atoms with van der Waals surface area (Å²) >= 11 is 0. The summed E-state index contributed by atoms with van der Waals surface area (Å²) in [6.45, 7) is 10.5. The first-order valence-electron chi connectivity index (χ1n) is 6.78. The van der Waals surface area contributed by atoms with E-state index in [9.17, 15) is 8.42 Å². The first kappa shape index (κ1) is 16.9. The number of hydrogen-bond donors (Lipinski definition) is 1. The van der Waals surface area contributed by atoms with Crippen molar-refractivity contribution in [3.63, 3.8) is 0 Å². The molecule has 1 atom stereocenters. The molecule has 0 aliphatic heterocycles. The summed E-state index contributed by atoms with van der Waals surface area (Å²) in [6, 6.07) is 0. The molecule has 0 amide bonds. The van der Waals surface area contributed by atoms with E-state index in [1.807, 2.05) is 6.92 Å². The van der Waals surface area contributed by atoms with Gasteiger partial charge in [-0.05, 0) is 44.2 Å². The van der Waals surface area contributed by atoms with E-state index < -0.39 is 9.84 Å².